The van der Waals surface area contributed by atoms with Crippen LogP contribution < -0.4 is 9.47 Å². The Labute approximate surface area is 163 Å². The molecule has 0 atom stereocenters. The molecule has 0 aliphatic carbocycles. The molecule has 0 amide bonds. The lowest BCUT2D eigenvalue weighted by atomic mass is 10.2. The third-order valence-electron chi connectivity index (χ3n) is 4.08. The van der Waals surface area contributed by atoms with Crippen molar-refractivity contribution in [2.45, 2.75) is 6.42 Å². The third kappa shape index (κ3) is 5.20. The van der Waals surface area contributed by atoms with Crippen molar-refractivity contribution in [2.75, 3.05) is 13.7 Å². The van der Waals surface area contributed by atoms with E-state index >= 15 is 0 Å². The Bertz CT molecular complexity index is 915. The smallest absolute Gasteiger partial charge is 0.343 e. The van der Waals surface area contributed by atoms with Crippen LogP contribution in [0.15, 0.2) is 78.9 Å². The maximum atomic E-state index is 12.2. The number of hydrogen-bond donors (Lipinski definition) is 0. The maximum Gasteiger partial charge on any atom is 0.343 e. The van der Waals surface area contributed by atoms with Gasteiger partial charge in [-0.1, -0.05) is 30.3 Å². The number of methoxy groups -OCH3 is 1. The highest BCUT2D eigenvalue weighted by atomic mass is 16.5. The summed E-state index contributed by atoms with van der Waals surface area (Å²) in [5.41, 5.74) is 2.01. The van der Waals surface area contributed by atoms with Gasteiger partial charge in [-0.05, 0) is 54.1 Å². The zero-order chi connectivity index (χ0) is 19.8. The molecule has 0 saturated heterocycles. The second-order valence-corrected chi connectivity index (χ2v) is 6.01. The minimum atomic E-state index is -0.485. The van der Waals surface area contributed by atoms with E-state index in [-0.39, 0.29) is 0 Å². The summed E-state index contributed by atoms with van der Waals surface area (Å²) in [6.07, 6.45) is 0.812. The Hall–Kier alpha value is -3.60. The van der Waals surface area contributed by atoms with Gasteiger partial charge in [0, 0.05) is 6.42 Å². The van der Waals surface area contributed by atoms with Gasteiger partial charge in [0.2, 0.25) is 0 Å². The van der Waals surface area contributed by atoms with Crippen LogP contribution in [0.1, 0.15) is 26.3 Å². The van der Waals surface area contributed by atoms with Crippen molar-refractivity contribution in [2.24, 2.45) is 0 Å². The van der Waals surface area contributed by atoms with Crippen molar-refractivity contribution in [3.05, 3.63) is 95.6 Å². The van der Waals surface area contributed by atoms with E-state index in [2.05, 4.69) is 16.9 Å². The summed E-state index contributed by atoms with van der Waals surface area (Å²) >= 11 is 0. The van der Waals surface area contributed by atoms with Crippen molar-refractivity contribution in [1.29, 1.82) is 0 Å². The molecule has 0 aliphatic heterocycles. The van der Waals surface area contributed by atoms with Gasteiger partial charge in [-0.2, -0.15) is 0 Å². The van der Waals surface area contributed by atoms with Crippen LogP contribution in [0.4, 0.5) is 0 Å². The number of carbonyl (C=O) groups is 2. The predicted molar refractivity (Wildman–Crippen MR) is 105 cm³/mol. The van der Waals surface area contributed by atoms with Gasteiger partial charge in [0.1, 0.15) is 11.5 Å². The number of ether oxygens (including phenoxy) is 3. The van der Waals surface area contributed by atoms with Gasteiger partial charge in [0.25, 0.3) is 0 Å². The molecular weight excluding hydrogens is 356 g/mol. The quantitative estimate of drug-likeness (QED) is 0.454. The number of esters is 2. The van der Waals surface area contributed by atoms with Crippen LogP contribution in [-0.4, -0.2) is 25.7 Å². The van der Waals surface area contributed by atoms with Crippen LogP contribution in [-0.2, 0) is 11.2 Å². The molecule has 0 unspecified atom stereocenters. The second-order valence-electron chi connectivity index (χ2n) is 6.01. The van der Waals surface area contributed by atoms with E-state index in [1.807, 2.05) is 18.2 Å². The van der Waals surface area contributed by atoms with Crippen molar-refractivity contribution >= 4 is 11.9 Å². The summed E-state index contributed by atoms with van der Waals surface area (Å²) in [5.74, 6) is 0.109. The Kier molecular flexibility index (Phi) is 6.41. The standard InChI is InChI=1S/C23H20O5/c1-26-22(24)18-9-13-21(14-10-18)28-23(25)19-7-11-20(12-8-19)27-16-15-17-5-3-2-4-6-17/h2-14H,15-16H2,1H3. The Morgan fingerprint density at radius 2 is 1.29 bits per heavy atom. The summed E-state index contributed by atoms with van der Waals surface area (Å²) in [6.45, 7) is 0.556. The van der Waals surface area contributed by atoms with Crippen LogP contribution in [0.3, 0.4) is 0 Å². The topological polar surface area (TPSA) is 61.8 Å². The Morgan fingerprint density at radius 1 is 0.714 bits per heavy atom. The van der Waals surface area contributed by atoms with Crippen molar-refractivity contribution < 1.29 is 23.8 Å². The molecule has 28 heavy (non-hydrogen) atoms. The average molecular weight is 376 g/mol. The van der Waals surface area contributed by atoms with E-state index in [9.17, 15) is 9.59 Å². The number of carbonyl (C=O) groups excluding carboxylic acids is 2. The zero-order valence-corrected chi connectivity index (χ0v) is 15.5. The maximum absolute atomic E-state index is 12.2. The van der Waals surface area contributed by atoms with Crippen LogP contribution in [0.2, 0.25) is 0 Å². The highest BCUT2D eigenvalue weighted by molar-refractivity contribution is 5.92. The molecule has 0 heterocycles. The monoisotopic (exact) mass is 376 g/mol. The van der Waals surface area contributed by atoms with Gasteiger partial charge in [0.15, 0.2) is 0 Å². The molecule has 0 bridgehead atoms. The van der Waals surface area contributed by atoms with Gasteiger partial charge in [0.05, 0.1) is 24.8 Å². The lowest BCUT2D eigenvalue weighted by Crippen LogP contribution is -2.09. The molecule has 0 fully saturated rings. The molecular formula is C23H20O5. The first-order chi connectivity index (χ1) is 13.7. The SMILES string of the molecule is COC(=O)c1ccc(OC(=O)c2ccc(OCCc3ccccc3)cc2)cc1. The summed E-state index contributed by atoms with van der Waals surface area (Å²) in [7, 11) is 1.31. The largest absolute Gasteiger partial charge is 0.493 e. The first-order valence-electron chi connectivity index (χ1n) is 8.83. The predicted octanol–water partition coefficient (Wildman–Crippen LogP) is 4.31. The molecule has 0 radical (unpaired) electrons. The Balaban J connectivity index is 1.52. The van der Waals surface area contributed by atoms with Gasteiger partial charge >= 0.3 is 11.9 Å². The molecule has 0 aliphatic rings. The lowest BCUT2D eigenvalue weighted by molar-refractivity contribution is 0.0600. The first kappa shape index (κ1) is 19.2. The summed E-state index contributed by atoms with van der Waals surface area (Å²) in [5, 5.41) is 0. The van der Waals surface area contributed by atoms with Crippen LogP contribution in [0.25, 0.3) is 0 Å². The highest BCUT2D eigenvalue weighted by Crippen LogP contribution is 2.17. The molecule has 0 N–H and O–H groups in total. The Morgan fingerprint density at radius 3 is 1.89 bits per heavy atom. The number of benzene rings is 3. The molecule has 0 spiro atoms. The molecule has 3 rings (SSSR count). The van der Waals surface area contributed by atoms with Gasteiger partial charge in [-0.25, -0.2) is 9.59 Å². The van der Waals surface area contributed by atoms with Crippen LogP contribution >= 0.6 is 0 Å². The summed E-state index contributed by atoms with van der Waals surface area (Å²) in [4.78, 5) is 23.7. The fourth-order valence-electron chi connectivity index (χ4n) is 2.56. The van der Waals surface area contributed by atoms with Crippen molar-refractivity contribution in [3.8, 4) is 11.5 Å². The molecule has 3 aromatic carbocycles. The minimum Gasteiger partial charge on any atom is -0.493 e. The molecule has 3 aromatic rings. The fraction of sp³-hybridized carbons (Fsp3) is 0.130. The fourth-order valence-corrected chi connectivity index (χ4v) is 2.56. The van der Waals surface area contributed by atoms with Crippen LogP contribution in [0.5, 0.6) is 11.5 Å². The van der Waals surface area contributed by atoms with Crippen molar-refractivity contribution in [3.63, 3.8) is 0 Å². The lowest BCUT2D eigenvalue weighted by Gasteiger charge is -2.08. The average Bonchev–Trinajstić information content (AvgIpc) is 2.75. The van der Waals surface area contributed by atoms with Gasteiger partial charge < -0.3 is 14.2 Å². The van der Waals surface area contributed by atoms with Crippen molar-refractivity contribution in [1.82, 2.24) is 0 Å². The highest BCUT2D eigenvalue weighted by Gasteiger charge is 2.10. The van der Waals surface area contributed by atoms with E-state index in [1.165, 1.54) is 24.8 Å². The van der Waals surface area contributed by atoms with Crippen LogP contribution in [0, 0.1) is 0 Å². The summed E-state index contributed by atoms with van der Waals surface area (Å²) < 4.78 is 15.7. The van der Waals surface area contributed by atoms with E-state index in [4.69, 9.17) is 9.47 Å². The molecule has 142 valence electrons. The number of rotatable bonds is 7. The third-order valence-corrected chi connectivity index (χ3v) is 4.08. The molecule has 5 nitrogen and oxygen atoms in total. The number of hydrogen-bond acceptors (Lipinski definition) is 5. The van der Waals surface area contributed by atoms with Gasteiger partial charge in [-0.15, -0.1) is 0 Å². The van der Waals surface area contributed by atoms with E-state index in [0.29, 0.717) is 29.2 Å². The second kappa shape index (κ2) is 9.37. The molecule has 0 aromatic heterocycles. The van der Waals surface area contributed by atoms with Gasteiger partial charge in [-0.3, -0.25) is 0 Å². The normalized spacial score (nSPS) is 10.2. The first-order valence-corrected chi connectivity index (χ1v) is 8.83. The molecule has 0 saturated carbocycles. The van der Waals surface area contributed by atoms with E-state index < -0.39 is 11.9 Å². The molecule has 5 heteroatoms. The zero-order valence-electron chi connectivity index (χ0n) is 15.5. The van der Waals surface area contributed by atoms with E-state index in [1.54, 1.807) is 36.4 Å². The summed E-state index contributed by atoms with van der Waals surface area (Å²) in [6, 6.07) is 23.1. The van der Waals surface area contributed by atoms with E-state index in [0.717, 1.165) is 6.42 Å². The minimum absolute atomic E-state index is 0.348.